The fourth-order valence-corrected chi connectivity index (χ4v) is 1.90. The van der Waals surface area contributed by atoms with Gasteiger partial charge in [0.15, 0.2) is 0 Å². The first-order chi connectivity index (χ1) is 9.15. The predicted molar refractivity (Wildman–Crippen MR) is 74.2 cm³/mol. The highest BCUT2D eigenvalue weighted by Crippen LogP contribution is 2.16. The first-order valence-electron chi connectivity index (χ1n) is 6.12. The van der Waals surface area contributed by atoms with E-state index in [0.717, 1.165) is 12.2 Å². The molecule has 0 bridgehead atoms. The average molecular weight is 279 g/mol. The van der Waals surface area contributed by atoms with E-state index in [1.807, 2.05) is 13.8 Å². The Kier molecular flexibility index (Phi) is 4.16. The van der Waals surface area contributed by atoms with Crippen molar-refractivity contribution in [3.63, 3.8) is 0 Å². The quantitative estimate of drug-likeness (QED) is 0.624. The van der Waals surface area contributed by atoms with Crippen LogP contribution in [0.1, 0.15) is 30.0 Å². The minimum Gasteiger partial charge on any atom is -0.287 e. The molecule has 0 aliphatic carbocycles. The number of aryl methyl sites for hydroxylation is 2. The van der Waals surface area contributed by atoms with Crippen molar-refractivity contribution in [1.29, 1.82) is 0 Å². The summed E-state index contributed by atoms with van der Waals surface area (Å²) in [5, 5.41) is 8.79. The van der Waals surface area contributed by atoms with Crippen LogP contribution in [0.3, 0.4) is 0 Å². The van der Waals surface area contributed by atoms with Crippen LogP contribution in [0.15, 0.2) is 24.5 Å². The van der Waals surface area contributed by atoms with Crippen LogP contribution in [0.25, 0.3) is 6.08 Å². The zero-order valence-electron chi connectivity index (χ0n) is 10.9. The van der Waals surface area contributed by atoms with Crippen LogP contribution in [0.4, 0.5) is 0 Å². The van der Waals surface area contributed by atoms with Gasteiger partial charge in [0.2, 0.25) is 5.78 Å². The van der Waals surface area contributed by atoms with Crippen LogP contribution in [0.2, 0.25) is 5.02 Å². The van der Waals surface area contributed by atoms with Gasteiger partial charge in [0.05, 0.1) is 16.9 Å². The Hall–Kier alpha value is -1.88. The minimum atomic E-state index is -0.146. The van der Waals surface area contributed by atoms with E-state index in [-0.39, 0.29) is 5.78 Å². The summed E-state index contributed by atoms with van der Waals surface area (Å²) in [6.07, 6.45) is 6.49. The van der Waals surface area contributed by atoms with Gasteiger partial charge in [-0.05, 0) is 32.1 Å². The molecule has 0 fully saturated rings. The fourth-order valence-electron chi connectivity index (χ4n) is 1.70. The van der Waals surface area contributed by atoms with Gasteiger partial charge in [-0.2, -0.15) is 10.2 Å². The maximum atomic E-state index is 11.9. The molecule has 0 spiro atoms. The van der Waals surface area contributed by atoms with Crippen molar-refractivity contribution in [2.45, 2.75) is 26.9 Å². The van der Waals surface area contributed by atoms with E-state index < -0.39 is 0 Å². The number of hydrogen-bond acceptors (Lipinski definition) is 3. The highest BCUT2D eigenvalue weighted by molar-refractivity contribution is 6.31. The maximum absolute atomic E-state index is 11.9. The van der Waals surface area contributed by atoms with Crippen LogP contribution in [-0.4, -0.2) is 25.3 Å². The molecule has 2 aromatic rings. The summed E-state index contributed by atoms with van der Waals surface area (Å²) in [5.74, 6) is -0.146. The van der Waals surface area contributed by atoms with E-state index in [9.17, 15) is 4.79 Å². The van der Waals surface area contributed by atoms with E-state index in [2.05, 4.69) is 10.2 Å². The molecule has 0 aliphatic heterocycles. The molecule has 0 amide bonds. The topological polar surface area (TPSA) is 52.7 Å². The first-order valence-corrected chi connectivity index (χ1v) is 6.50. The van der Waals surface area contributed by atoms with Crippen LogP contribution in [0.5, 0.6) is 0 Å². The monoisotopic (exact) mass is 278 g/mol. The van der Waals surface area contributed by atoms with Crippen molar-refractivity contribution < 1.29 is 4.79 Å². The number of rotatable bonds is 5. The molecule has 0 aliphatic rings. The zero-order chi connectivity index (χ0) is 13.8. The summed E-state index contributed by atoms with van der Waals surface area (Å²) in [5.41, 5.74) is 1.16. The van der Waals surface area contributed by atoms with Gasteiger partial charge in [-0.3, -0.25) is 14.2 Å². The normalized spacial score (nSPS) is 11.3. The SMILES string of the molecule is CCn1ccc(C(=O)/C=C/c2c(Cl)cnn2CC)n1. The molecule has 2 heterocycles. The summed E-state index contributed by atoms with van der Waals surface area (Å²) in [4.78, 5) is 11.9. The third-order valence-electron chi connectivity index (χ3n) is 2.74. The van der Waals surface area contributed by atoms with Crippen molar-refractivity contribution in [2.24, 2.45) is 0 Å². The molecule has 5 nitrogen and oxygen atoms in total. The van der Waals surface area contributed by atoms with Crippen LogP contribution >= 0.6 is 11.6 Å². The lowest BCUT2D eigenvalue weighted by atomic mass is 10.2. The standard InChI is InChI=1S/C13H15ClN4O/c1-3-17-8-7-11(16-17)13(19)6-5-12-10(14)9-15-18(12)4-2/h5-9H,3-4H2,1-2H3/b6-5+. The van der Waals surface area contributed by atoms with Crippen LogP contribution in [-0.2, 0) is 13.1 Å². The molecule has 0 radical (unpaired) electrons. The number of carbonyl (C=O) groups is 1. The van der Waals surface area contributed by atoms with Gasteiger partial charge >= 0.3 is 0 Å². The summed E-state index contributed by atoms with van der Waals surface area (Å²) in [6.45, 7) is 5.37. The number of nitrogens with zero attached hydrogens (tertiary/aromatic N) is 4. The van der Waals surface area contributed by atoms with Gasteiger partial charge in [-0.15, -0.1) is 0 Å². The van der Waals surface area contributed by atoms with E-state index in [1.165, 1.54) is 6.08 Å². The number of ketones is 1. The highest BCUT2D eigenvalue weighted by atomic mass is 35.5. The molecule has 0 aromatic carbocycles. The highest BCUT2D eigenvalue weighted by Gasteiger charge is 2.08. The Morgan fingerprint density at radius 1 is 1.42 bits per heavy atom. The Labute approximate surface area is 116 Å². The van der Waals surface area contributed by atoms with Gasteiger partial charge in [0, 0.05) is 19.3 Å². The lowest BCUT2D eigenvalue weighted by molar-refractivity contribution is 0.104. The van der Waals surface area contributed by atoms with Crippen molar-refractivity contribution in [1.82, 2.24) is 19.6 Å². The van der Waals surface area contributed by atoms with Crippen LogP contribution in [0, 0.1) is 0 Å². The van der Waals surface area contributed by atoms with E-state index >= 15 is 0 Å². The third kappa shape index (κ3) is 2.93. The summed E-state index contributed by atoms with van der Waals surface area (Å²) >= 11 is 6.01. The van der Waals surface area contributed by atoms with Gasteiger partial charge in [-0.1, -0.05) is 11.6 Å². The number of hydrogen-bond donors (Lipinski definition) is 0. The molecule has 19 heavy (non-hydrogen) atoms. The Morgan fingerprint density at radius 2 is 2.21 bits per heavy atom. The third-order valence-corrected chi connectivity index (χ3v) is 3.03. The summed E-state index contributed by atoms with van der Waals surface area (Å²) < 4.78 is 3.45. The van der Waals surface area contributed by atoms with Crippen LogP contribution < -0.4 is 0 Å². The Morgan fingerprint density at radius 3 is 2.84 bits per heavy atom. The minimum absolute atomic E-state index is 0.146. The largest absolute Gasteiger partial charge is 0.287 e. The smallest absolute Gasteiger partial charge is 0.206 e. The first kappa shape index (κ1) is 13.5. The molecule has 100 valence electrons. The molecular weight excluding hydrogens is 264 g/mol. The lowest BCUT2D eigenvalue weighted by Crippen LogP contribution is -2.01. The summed E-state index contributed by atoms with van der Waals surface area (Å²) in [7, 11) is 0. The van der Waals surface area contributed by atoms with E-state index in [1.54, 1.807) is 33.9 Å². The number of aromatic nitrogens is 4. The zero-order valence-corrected chi connectivity index (χ0v) is 11.6. The van der Waals surface area contributed by atoms with Crippen molar-refractivity contribution in [2.75, 3.05) is 0 Å². The lowest BCUT2D eigenvalue weighted by Gasteiger charge is -1.99. The second-order valence-electron chi connectivity index (χ2n) is 3.95. The van der Waals surface area contributed by atoms with Gasteiger partial charge in [0.1, 0.15) is 5.69 Å². The second kappa shape index (κ2) is 5.84. The van der Waals surface area contributed by atoms with Gasteiger partial charge in [0.25, 0.3) is 0 Å². The molecule has 0 unspecified atom stereocenters. The Balaban J connectivity index is 2.18. The van der Waals surface area contributed by atoms with Crippen molar-refractivity contribution in [3.8, 4) is 0 Å². The molecule has 2 aromatic heterocycles. The molecule has 0 saturated carbocycles. The average Bonchev–Trinajstić information content (AvgIpc) is 3.02. The van der Waals surface area contributed by atoms with Crippen molar-refractivity contribution >= 4 is 23.5 Å². The molecule has 0 saturated heterocycles. The van der Waals surface area contributed by atoms with Gasteiger partial charge < -0.3 is 0 Å². The molecular formula is C13H15ClN4O. The number of allylic oxidation sites excluding steroid dienone is 1. The second-order valence-corrected chi connectivity index (χ2v) is 4.35. The summed E-state index contributed by atoms with van der Waals surface area (Å²) in [6, 6.07) is 1.70. The molecule has 0 N–H and O–H groups in total. The van der Waals surface area contributed by atoms with Crippen molar-refractivity contribution in [3.05, 3.63) is 40.9 Å². The molecule has 6 heteroatoms. The van der Waals surface area contributed by atoms with E-state index in [0.29, 0.717) is 17.3 Å². The van der Waals surface area contributed by atoms with E-state index in [4.69, 9.17) is 11.6 Å². The fraction of sp³-hybridized carbons (Fsp3) is 0.308. The van der Waals surface area contributed by atoms with Gasteiger partial charge in [-0.25, -0.2) is 0 Å². The molecule has 0 atom stereocenters. The maximum Gasteiger partial charge on any atom is 0.206 e. The Bertz CT molecular complexity index is 612. The number of halogens is 1. The molecule has 2 rings (SSSR count). The number of carbonyl (C=O) groups excluding carboxylic acids is 1. The predicted octanol–water partition coefficient (Wildman–Crippen LogP) is 2.67.